The van der Waals surface area contributed by atoms with E-state index >= 15 is 0 Å². The van der Waals surface area contributed by atoms with E-state index in [1.54, 1.807) is 13.0 Å². The zero-order valence-electron chi connectivity index (χ0n) is 9.26. The topological polar surface area (TPSA) is 54.5 Å². The van der Waals surface area contributed by atoms with Crippen LogP contribution in [0, 0.1) is 11.7 Å². The van der Waals surface area contributed by atoms with E-state index in [1.165, 1.54) is 18.2 Å². The fourth-order valence-corrected chi connectivity index (χ4v) is 3.56. The molecule has 1 saturated heterocycles. The van der Waals surface area contributed by atoms with E-state index in [0.717, 1.165) is 4.31 Å². The Balaban J connectivity index is 2.31. The molecule has 1 aliphatic rings. The highest BCUT2D eigenvalue weighted by molar-refractivity contribution is 7.90. The molecule has 1 fully saturated rings. The highest BCUT2D eigenvalue weighted by Gasteiger charge is 2.40. The van der Waals surface area contributed by atoms with E-state index in [-0.39, 0.29) is 17.9 Å². The van der Waals surface area contributed by atoms with E-state index in [1.807, 2.05) is 0 Å². The molecule has 0 aliphatic carbocycles. The summed E-state index contributed by atoms with van der Waals surface area (Å²) in [4.78, 5) is 11.7. The van der Waals surface area contributed by atoms with E-state index in [4.69, 9.17) is 0 Å². The van der Waals surface area contributed by atoms with Crippen molar-refractivity contribution in [3.8, 4) is 0 Å². The Morgan fingerprint density at radius 3 is 2.59 bits per heavy atom. The van der Waals surface area contributed by atoms with Crippen molar-refractivity contribution in [2.75, 3.05) is 5.75 Å². The van der Waals surface area contributed by atoms with Crippen LogP contribution in [0.15, 0.2) is 24.3 Å². The van der Waals surface area contributed by atoms with Crippen molar-refractivity contribution in [2.24, 2.45) is 5.92 Å². The summed E-state index contributed by atoms with van der Waals surface area (Å²) >= 11 is 0. The first-order valence-electron chi connectivity index (χ1n) is 5.19. The Bertz CT molecular complexity index is 556. The first-order chi connectivity index (χ1) is 7.92. The molecule has 1 aromatic rings. The lowest BCUT2D eigenvalue weighted by atomic mass is 10.2. The second-order valence-corrected chi connectivity index (χ2v) is 6.05. The third kappa shape index (κ3) is 2.17. The van der Waals surface area contributed by atoms with Gasteiger partial charge in [-0.1, -0.05) is 25.1 Å². The van der Waals surface area contributed by atoms with Gasteiger partial charge in [-0.05, 0) is 6.07 Å². The number of nitrogens with zero attached hydrogens (tertiary/aromatic N) is 1. The first-order valence-corrected chi connectivity index (χ1v) is 6.80. The number of halogens is 1. The molecule has 0 bridgehead atoms. The van der Waals surface area contributed by atoms with Crippen LogP contribution in [-0.4, -0.2) is 24.4 Å². The monoisotopic (exact) mass is 257 g/mol. The maximum absolute atomic E-state index is 13.4. The summed E-state index contributed by atoms with van der Waals surface area (Å²) in [6.07, 6.45) is 0. The number of amides is 1. The number of benzene rings is 1. The SMILES string of the molecule is CC1CS(=O)(=O)N(Cc2ccccc2F)C1=O. The normalized spacial score (nSPS) is 23.1. The Labute approximate surface area is 99.1 Å². The molecule has 1 aromatic carbocycles. The molecule has 6 heteroatoms. The van der Waals surface area contributed by atoms with Gasteiger partial charge in [0.05, 0.1) is 18.2 Å². The molecule has 0 spiro atoms. The standard InChI is InChI=1S/C11H12FNO3S/c1-8-7-17(15,16)13(11(8)14)6-9-4-2-3-5-10(9)12/h2-5,8H,6-7H2,1H3. The summed E-state index contributed by atoms with van der Waals surface area (Å²) in [6, 6.07) is 5.84. The molecule has 0 N–H and O–H groups in total. The van der Waals surface area contributed by atoms with Crippen LogP contribution in [0.4, 0.5) is 4.39 Å². The van der Waals surface area contributed by atoms with Crippen molar-refractivity contribution >= 4 is 15.9 Å². The Kier molecular flexibility index (Phi) is 2.91. The number of rotatable bonds is 2. The van der Waals surface area contributed by atoms with Gasteiger partial charge in [0.25, 0.3) is 0 Å². The van der Waals surface area contributed by atoms with E-state index in [0.29, 0.717) is 0 Å². The van der Waals surface area contributed by atoms with Gasteiger partial charge < -0.3 is 0 Å². The van der Waals surface area contributed by atoms with Gasteiger partial charge in [0.2, 0.25) is 15.9 Å². The van der Waals surface area contributed by atoms with Crippen molar-refractivity contribution in [1.29, 1.82) is 0 Å². The predicted octanol–water partition coefficient (Wildman–Crippen LogP) is 1.13. The highest BCUT2D eigenvalue weighted by atomic mass is 32.2. The molecule has 92 valence electrons. The summed E-state index contributed by atoms with van der Waals surface area (Å²) in [6.45, 7) is 1.33. The molecular formula is C11H12FNO3S. The van der Waals surface area contributed by atoms with Crippen LogP contribution in [0.3, 0.4) is 0 Å². The molecule has 17 heavy (non-hydrogen) atoms. The van der Waals surface area contributed by atoms with Gasteiger partial charge >= 0.3 is 0 Å². The van der Waals surface area contributed by atoms with Crippen LogP contribution >= 0.6 is 0 Å². The minimum atomic E-state index is -3.58. The van der Waals surface area contributed by atoms with Crippen LogP contribution in [0.1, 0.15) is 12.5 Å². The maximum atomic E-state index is 13.4. The lowest BCUT2D eigenvalue weighted by molar-refractivity contribution is -0.128. The Morgan fingerprint density at radius 2 is 2.06 bits per heavy atom. The van der Waals surface area contributed by atoms with Crippen molar-refractivity contribution < 1.29 is 17.6 Å². The second-order valence-electron chi connectivity index (χ2n) is 4.12. The van der Waals surface area contributed by atoms with Crippen LogP contribution in [0.2, 0.25) is 0 Å². The Hall–Kier alpha value is -1.43. The lowest BCUT2D eigenvalue weighted by Crippen LogP contribution is -2.30. The van der Waals surface area contributed by atoms with Gasteiger partial charge in [0.15, 0.2) is 0 Å². The van der Waals surface area contributed by atoms with E-state index in [2.05, 4.69) is 0 Å². The van der Waals surface area contributed by atoms with Gasteiger partial charge in [0, 0.05) is 5.56 Å². The first kappa shape index (κ1) is 12.0. The van der Waals surface area contributed by atoms with Gasteiger partial charge in [-0.15, -0.1) is 0 Å². The van der Waals surface area contributed by atoms with Crippen LogP contribution in [-0.2, 0) is 21.4 Å². The van der Waals surface area contributed by atoms with Crippen molar-refractivity contribution in [3.63, 3.8) is 0 Å². The number of carbonyl (C=O) groups excluding carboxylic acids is 1. The quantitative estimate of drug-likeness (QED) is 0.798. The van der Waals surface area contributed by atoms with Crippen molar-refractivity contribution in [2.45, 2.75) is 13.5 Å². The average Bonchev–Trinajstić information content (AvgIpc) is 2.43. The second kappa shape index (κ2) is 4.10. The smallest absolute Gasteiger partial charge is 0.240 e. The number of sulfonamides is 1. The molecule has 0 radical (unpaired) electrons. The van der Waals surface area contributed by atoms with Gasteiger partial charge in [-0.3, -0.25) is 4.79 Å². The summed E-state index contributed by atoms with van der Waals surface area (Å²) in [7, 11) is -3.58. The fourth-order valence-electron chi connectivity index (χ4n) is 1.82. The number of hydrogen-bond donors (Lipinski definition) is 0. The molecule has 1 unspecified atom stereocenters. The number of carbonyl (C=O) groups is 1. The summed E-state index contributed by atoms with van der Waals surface area (Å²) in [5.74, 6) is -1.71. The van der Waals surface area contributed by atoms with E-state index in [9.17, 15) is 17.6 Å². The third-order valence-corrected chi connectivity index (χ3v) is 4.64. The van der Waals surface area contributed by atoms with Crippen LogP contribution < -0.4 is 0 Å². The molecule has 1 aliphatic heterocycles. The molecule has 0 saturated carbocycles. The fraction of sp³-hybridized carbons (Fsp3) is 0.364. The minimum Gasteiger partial charge on any atom is -0.273 e. The largest absolute Gasteiger partial charge is 0.273 e. The minimum absolute atomic E-state index is 0.194. The Morgan fingerprint density at radius 1 is 1.41 bits per heavy atom. The van der Waals surface area contributed by atoms with Crippen molar-refractivity contribution in [1.82, 2.24) is 4.31 Å². The predicted molar refractivity (Wildman–Crippen MR) is 59.9 cm³/mol. The summed E-state index contributed by atoms with van der Waals surface area (Å²) < 4.78 is 37.5. The van der Waals surface area contributed by atoms with Gasteiger partial charge in [-0.2, -0.15) is 0 Å². The van der Waals surface area contributed by atoms with Gasteiger partial charge in [0.1, 0.15) is 5.82 Å². The molecule has 1 atom stereocenters. The van der Waals surface area contributed by atoms with Crippen LogP contribution in [0.5, 0.6) is 0 Å². The third-order valence-electron chi connectivity index (χ3n) is 2.74. The molecule has 2 rings (SSSR count). The van der Waals surface area contributed by atoms with E-state index < -0.39 is 27.7 Å². The highest BCUT2D eigenvalue weighted by Crippen LogP contribution is 2.23. The molecule has 1 heterocycles. The zero-order chi connectivity index (χ0) is 12.6. The van der Waals surface area contributed by atoms with Crippen LogP contribution in [0.25, 0.3) is 0 Å². The number of hydrogen-bond acceptors (Lipinski definition) is 3. The lowest BCUT2D eigenvalue weighted by Gasteiger charge is -2.15. The molecular weight excluding hydrogens is 245 g/mol. The maximum Gasteiger partial charge on any atom is 0.240 e. The van der Waals surface area contributed by atoms with Crippen molar-refractivity contribution in [3.05, 3.63) is 35.6 Å². The summed E-state index contributed by atoms with van der Waals surface area (Å²) in [5.41, 5.74) is 0.207. The van der Waals surface area contributed by atoms with Gasteiger partial charge in [-0.25, -0.2) is 17.1 Å². The summed E-state index contributed by atoms with van der Waals surface area (Å²) in [5, 5.41) is 0. The molecule has 1 amide bonds. The average molecular weight is 257 g/mol. The molecule has 4 nitrogen and oxygen atoms in total. The molecule has 0 aromatic heterocycles. The zero-order valence-corrected chi connectivity index (χ0v) is 10.1.